The fourth-order valence-corrected chi connectivity index (χ4v) is 2.73. The highest BCUT2D eigenvalue weighted by Crippen LogP contribution is 2.20. The molecular formula is C16H19N3O3S. The van der Waals surface area contributed by atoms with Gasteiger partial charge in [0.05, 0.1) is 5.69 Å². The van der Waals surface area contributed by atoms with Crippen LogP contribution in [0, 0.1) is 13.8 Å². The average Bonchev–Trinajstić information content (AvgIpc) is 2.99. The van der Waals surface area contributed by atoms with E-state index in [1.807, 2.05) is 39.0 Å². The molecule has 0 aliphatic heterocycles. The van der Waals surface area contributed by atoms with Crippen LogP contribution in [-0.4, -0.2) is 27.6 Å². The number of hydrogen-bond donors (Lipinski definition) is 1. The number of aryl methyl sites for hydroxylation is 3. The van der Waals surface area contributed by atoms with E-state index in [2.05, 4.69) is 14.9 Å². The average molecular weight is 333 g/mol. The normalized spacial score (nSPS) is 11.8. The molecule has 0 bridgehead atoms. The number of aromatic nitrogens is 2. The van der Waals surface area contributed by atoms with Gasteiger partial charge in [-0.2, -0.15) is 0 Å². The van der Waals surface area contributed by atoms with E-state index in [9.17, 15) is 9.59 Å². The third-order valence-corrected chi connectivity index (χ3v) is 4.21. The molecule has 2 aromatic rings. The molecule has 1 amide bonds. The lowest BCUT2D eigenvalue weighted by atomic mass is 10.1. The standard InChI is InChI=1S/C16H19N3O3S/c1-5-12-14(23-19-18-12)16(21)22-11(4)15(20)17-13-9(2)7-6-8-10(13)3/h6-8,11H,5H2,1-4H3,(H,17,20)/t11-/m0/s1. The topological polar surface area (TPSA) is 81.2 Å². The second kappa shape index (κ2) is 7.32. The Morgan fingerprint density at radius 2 is 1.96 bits per heavy atom. The number of carbonyl (C=O) groups is 2. The Bertz CT molecular complexity index is 707. The van der Waals surface area contributed by atoms with Gasteiger partial charge in [-0.1, -0.05) is 29.6 Å². The summed E-state index contributed by atoms with van der Waals surface area (Å²) in [7, 11) is 0. The van der Waals surface area contributed by atoms with Crippen molar-refractivity contribution in [1.82, 2.24) is 9.59 Å². The van der Waals surface area contributed by atoms with E-state index in [1.165, 1.54) is 0 Å². The van der Waals surface area contributed by atoms with E-state index in [0.717, 1.165) is 28.3 Å². The number of anilines is 1. The van der Waals surface area contributed by atoms with E-state index in [4.69, 9.17) is 4.74 Å². The molecule has 1 aromatic heterocycles. The lowest BCUT2D eigenvalue weighted by Gasteiger charge is -2.16. The number of hydrogen-bond acceptors (Lipinski definition) is 6. The van der Waals surface area contributed by atoms with Crippen LogP contribution in [0.25, 0.3) is 0 Å². The summed E-state index contributed by atoms with van der Waals surface area (Å²) in [6, 6.07) is 5.75. The predicted molar refractivity (Wildman–Crippen MR) is 88.7 cm³/mol. The minimum atomic E-state index is -0.909. The van der Waals surface area contributed by atoms with Crippen LogP contribution in [0.15, 0.2) is 18.2 Å². The van der Waals surface area contributed by atoms with Crippen molar-refractivity contribution in [2.24, 2.45) is 0 Å². The number of nitrogens with zero attached hydrogens (tertiary/aromatic N) is 2. The van der Waals surface area contributed by atoms with Gasteiger partial charge in [0.1, 0.15) is 0 Å². The maximum absolute atomic E-state index is 12.3. The largest absolute Gasteiger partial charge is 0.448 e. The molecule has 0 unspecified atom stereocenters. The Hall–Kier alpha value is -2.28. The van der Waals surface area contributed by atoms with Crippen molar-refractivity contribution in [3.8, 4) is 0 Å². The molecule has 0 saturated carbocycles. The maximum atomic E-state index is 12.3. The molecule has 122 valence electrons. The van der Waals surface area contributed by atoms with Gasteiger partial charge < -0.3 is 10.1 Å². The molecule has 1 aromatic carbocycles. The summed E-state index contributed by atoms with van der Waals surface area (Å²) in [6.07, 6.45) is -0.322. The molecule has 1 N–H and O–H groups in total. The number of para-hydroxylation sites is 1. The highest BCUT2D eigenvalue weighted by atomic mass is 32.1. The minimum absolute atomic E-state index is 0.347. The Labute approximate surface area is 139 Å². The molecule has 6 nitrogen and oxygen atoms in total. The molecule has 23 heavy (non-hydrogen) atoms. The Balaban J connectivity index is 2.04. The number of benzene rings is 1. The van der Waals surface area contributed by atoms with Gasteiger partial charge in [-0.25, -0.2) is 4.79 Å². The predicted octanol–water partition coefficient (Wildman–Crippen LogP) is 2.90. The fourth-order valence-electron chi connectivity index (χ4n) is 2.10. The van der Waals surface area contributed by atoms with E-state index in [0.29, 0.717) is 17.0 Å². The molecule has 0 aliphatic rings. The van der Waals surface area contributed by atoms with E-state index in [-0.39, 0.29) is 5.91 Å². The van der Waals surface area contributed by atoms with Gasteiger partial charge in [0.2, 0.25) is 0 Å². The zero-order chi connectivity index (χ0) is 17.0. The summed E-state index contributed by atoms with van der Waals surface area (Å²) in [5.41, 5.74) is 3.24. The number of carbonyl (C=O) groups excluding carboxylic acids is 2. The SMILES string of the molecule is CCc1nnsc1C(=O)O[C@@H](C)C(=O)Nc1c(C)cccc1C. The Kier molecular flexibility index (Phi) is 5.44. The number of rotatable bonds is 5. The second-order valence-corrected chi connectivity index (χ2v) is 5.96. The third-order valence-electron chi connectivity index (χ3n) is 3.46. The summed E-state index contributed by atoms with van der Waals surface area (Å²) < 4.78 is 8.98. The lowest BCUT2D eigenvalue weighted by Crippen LogP contribution is -2.30. The monoisotopic (exact) mass is 333 g/mol. The van der Waals surface area contributed by atoms with Crippen molar-refractivity contribution in [2.45, 2.75) is 40.2 Å². The first-order valence-electron chi connectivity index (χ1n) is 7.33. The summed E-state index contributed by atoms with van der Waals surface area (Å²) in [6.45, 7) is 7.25. The smallest absolute Gasteiger partial charge is 0.352 e. The first-order chi connectivity index (χ1) is 10.9. The number of esters is 1. The molecule has 1 heterocycles. The highest BCUT2D eigenvalue weighted by molar-refractivity contribution is 7.07. The van der Waals surface area contributed by atoms with Gasteiger partial charge in [-0.15, -0.1) is 5.10 Å². The molecule has 0 spiro atoms. The zero-order valence-corrected chi connectivity index (χ0v) is 14.4. The van der Waals surface area contributed by atoms with E-state index >= 15 is 0 Å². The van der Waals surface area contributed by atoms with Gasteiger partial charge in [-0.3, -0.25) is 4.79 Å². The zero-order valence-electron chi connectivity index (χ0n) is 13.5. The summed E-state index contributed by atoms with van der Waals surface area (Å²) in [5, 5.41) is 6.68. The first kappa shape index (κ1) is 17.1. The van der Waals surface area contributed by atoms with Crippen LogP contribution in [0.4, 0.5) is 5.69 Å². The molecule has 0 fully saturated rings. The third kappa shape index (κ3) is 3.92. The van der Waals surface area contributed by atoms with Crippen LogP contribution in [0.2, 0.25) is 0 Å². The Morgan fingerprint density at radius 1 is 1.30 bits per heavy atom. The molecule has 2 rings (SSSR count). The van der Waals surface area contributed by atoms with Crippen LogP contribution in [0.3, 0.4) is 0 Å². The van der Waals surface area contributed by atoms with Gasteiger partial charge in [0.25, 0.3) is 5.91 Å². The molecule has 0 aliphatic carbocycles. The lowest BCUT2D eigenvalue weighted by molar-refractivity contribution is -0.123. The summed E-state index contributed by atoms with van der Waals surface area (Å²) >= 11 is 0.977. The molecule has 0 radical (unpaired) electrons. The van der Waals surface area contributed by atoms with Crippen molar-refractivity contribution in [3.05, 3.63) is 39.9 Å². The summed E-state index contributed by atoms with van der Waals surface area (Å²) in [4.78, 5) is 24.7. The second-order valence-electron chi connectivity index (χ2n) is 5.21. The van der Waals surface area contributed by atoms with Gasteiger partial charge >= 0.3 is 5.97 Å². The fraction of sp³-hybridized carbons (Fsp3) is 0.375. The Morgan fingerprint density at radius 3 is 2.57 bits per heavy atom. The van der Waals surface area contributed by atoms with E-state index in [1.54, 1.807) is 6.92 Å². The van der Waals surface area contributed by atoms with Crippen molar-refractivity contribution >= 4 is 29.1 Å². The van der Waals surface area contributed by atoms with Crippen molar-refractivity contribution in [3.63, 3.8) is 0 Å². The maximum Gasteiger partial charge on any atom is 0.352 e. The van der Waals surface area contributed by atoms with Crippen LogP contribution >= 0.6 is 11.5 Å². The number of amides is 1. The van der Waals surface area contributed by atoms with E-state index < -0.39 is 12.1 Å². The first-order valence-corrected chi connectivity index (χ1v) is 8.10. The van der Waals surface area contributed by atoms with Crippen LogP contribution in [-0.2, 0) is 16.0 Å². The summed E-state index contributed by atoms with van der Waals surface area (Å²) in [5.74, 6) is -0.938. The van der Waals surface area contributed by atoms with Gasteiger partial charge in [0, 0.05) is 5.69 Å². The molecule has 0 saturated heterocycles. The van der Waals surface area contributed by atoms with Crippen LogP contribution < -0.4 is 5.32 Å². The quantitative estimate of drug-likeness (QED) is 0.851. The van der Waals surface area contributed by atoms with Crippen LogP contribution in [0.5, 0.6) is 0 Å². The number of nitrogens with one attached hydrogen (secondary N) is 1. The van der Waals surface area contributed by atoms with Crippen molar-refractivity contribution in [1.29, 1.82) is 0 Å². The highest BCUT2D eigenvalue weighted by Gasteiger charge is 2.23. The molecular weight excluding hydrogens is 314 g/mol. The molecule has 7 heteroatoms. The minimum Gasteiger partial charge on any atom is -0.448 e. The molecule has 1 atom stereocenters. The van der Waals surface area contributed by atoms with Crippen molar-refractivity contribution < 1.29 is 14.3 Å². The van der Waals surface area contributed by atoms with Crippen LogP contribution in [0.1, 0.15) is 40.3 Å². The van der Waals surface area contributed by atoms with Gasteiger partial charge in [0.15, 0.2) is 11.0 Å². The van der Waals surface area contributed by atoms with Gasteiger partial charge in [-0.05, 0) is 49.9 Å². The number of ether oxygens (including phenoxy) is 1. The van der Waals surface area contributed by atoms with Crippen molar-refractivity contribution in [2.75, 3.05) is 5.32 Å².